The van der Waals surface area contributed by atoms with Gasteiger partial charge in [0.15, 0.2) is 0 Å². The third-order valence-corrected chi connectivity index (χ3v) is 3.10. The van der Waals surface area contributed by atoms with E-state index >= 15 is 0 Å². The molecule has 1 aromatic carbocycles. The van der Waals surface area contributed by atoms with E-state index in [-0.39, 0.29) is 18.0 Å². The summed E-state index contributed by atoms with van der Waals surface area (Å²) in [5, 5.41) is 3.03. The van der Waals surface area contributed by atoms with E-state index in [4.69, 9.17) is 5.73 Å². The van der Waals surface area contributed by atoms with Gasteiger partial charge in [0.25, 0.3) is 5.91 Å². The average molecular weight is 217 g/mol. The van der Waals surface area contributed by atoms with Gasteiger partial charge in [-0.2, -0.15) is 0 Å². The number of rotatable bonds is 2. The molecule has 3 heteroatoms. The molecule has 0 heterocycles. The van der Waals surface area contributed by atoms with Crippen molar-refractivity contribution in [3.05, 3.63) is 35.9 Å². The Balaban J connectivity index is 1.88. The van der Waals surface area contributed by atoms with Crippen molar-refractivity contribution >= 4 is 5.91 Å². The van der Waals surface area contributed by atoms with Gasteiger partial charge in [0.2, 0.25) is 0 Å². The Morgan fingerprint density at radius 1 is 1.12 bits per heavy atom. The van der Waals surface area contributed by atoms with Gasteiger partial charge in [-0.25, -0.2) is 0 Å². The largest absolute Gasteiger partial charge is 0.349 e. The van der Waals surface area contributed by atoms with E-state index in [0.29, 0.717) is 0 Å². The van der Waals surface area contributed by atoms with E-state index < -0.39 is 0 Å². The summed E-state index contributed by atoms with van der Waals surface area (Å²) in [5.74, 6) is 0.00836. The summed E-state index contributed by atoms with van der Waals surface area (Å²) in [6, 6.07) is 9.63. The molecule has 0 aliphatic heterocycles. The molecule has 2 N–H and O–H groups in total. The standard InChI is InChI=1S/C13H17N2O/c14-11-6-8-12(9-7-11)15-13(16)10-4-2-1-3-5-10/h1-5,11-12,14H,6-9H2,(H,15,16). The minimum Gasteiger partial charge on any atom is -0.349 e. The Bertz CT molecular complexity index is 342. The fourth-order valence-electron chi connectivity index (χ4n) is 2.10. The SMILES string of the molecule is [NH]C1CCC(NC(=O)c2ccccc2)CC1. The fraction of sp³-hybridized carbons (Fsp3) is 0.462. The molecule has 85 valence electrons. The van der Waals surface area contributed by atoms with Gasteiger partial charge in [0.1, 0.15) is 0 Å². The lowest BCUT2D eigenvalue weighted by molar-refractivity contribution is 0.0925. The number of hydrogen-bond acceptors (Lipinski definition) is 1. The van der Waals surface area contributed by atoms with E-state index in [2.05, 4.69) is 5.32 Å². The molecule has 0 unspecified atom stereocenters. The highest BCUT2D eigenvalue weighted by molar-refractivity contribution is 5.94. The number of nitrogens with one attached hydrogen (secondary N) is 2. The molecule has 1 aliphatic rings. The van der Waals surface area contributed by atoms with E-state index in [1.807, 2.05) is 30.3 Å². The van der Waals surface area contributed by atoms with Crippen molar-refractivity contribution in [2.75, 3.05) is 0 Å². The first-order chi connectivity index (χ1) is 7.75. The van der Waals surface area contributed by atoms with Gasteiger partial charge in [-0.15, -0.1) is 0 Å². The van der Waals surface area contributed by atoms with Crippen LogP contribution in [0, 0.1) is 0 Å². The number of carbonyl (C=O) groups is 1. The number of benzene rings is 1. The first-order valence-electron chi connectivity index (χ1n) is 5.83. The predicted molar refractivity (Wildman–Crippen MR) is 63.0 cm³/mol. The maximum absolute atomic E-state index is 11.8. The first kappa shape index (κ1) is 11.1. The van der Waals surface area contributed by atoms with Crippen LogP contribution >= 0.6 is 0 Å². The van der Waals surface area contributed by atoms with Crippen LogP contribution in [0.1, 0.15) is 36.0 Å². The lowest BCUT2D eigenvalue weighted by Crippen LogP contribution is -2.38. The van der Waals surface area contributed by atoms with Crippen LogP contribution < -0.4 is 11.1 Å². The van der Waals surface area contributed by atoms with Crippen LogP contribution in [-0.2, 0) is 0 Å². The van der Waals surface area contributed by atoms with Crippen molar-refractivity contribution in [2.45, 2.75) is 37.8 Å². The molecule has 1 aliphatic carbocycles. The van der Waals surface area contributed by atoms with Crippen LogP contribution in [0.25, 0.3) is 0 Å². The van der Waals surface area contributed by atoms with Crippen molar-refractivity contribution in [1.29, 1.82) is 0 Å². The van der Waals surface area contributed by atoms with E-state index in [9.17, 15) is 4.79 Å². The fourth-order valence-corrected chi connectivity index (χ4v) is 2.10. The number of carbonyl (C=O) groups excluding carboxylic acids is 1. The molecule has 1 aromatic rings. The monoisotopic (exact) mass is 217 g/mol. The molecule has 0 spiro atoms. The summed E-state index contributed by atoms with van der Waals surface area (Å²) in [6.45, 7) is 0. The third kappa shape index (κ3) is 2.83. The molecule has 1 amide bonds. The average Bonchev–Trinajstić information content (AvgIpc) is 2.33. The molecule has 0 saturated heterocycles. The van der Waals surface area contributed by atoms with E-state index in [0.717, 1.165) is 31.2 Å². The van der Waals surface area contributed by atoms with Gasteiger partial charge in [0.05, 0.1) is 0 Å². The second kappa shape index (κ2) is 5.12. The summed E-state index contributed by atoms with van der Waals surface area (Å²) in [4.78, 5) is 11.8. The van der Waals surface area contributed by atoms with Crippen LogP contribution in [0.15, 0.2) is 30.3 Å². The number of amides is 1. The van der Waals surface area contributed by atoms with Gasteiger partial charge in [-0.3, -0.25) is 10.5 Å². The summed E-state index contributed by atoms with van der Waals surface area (Å²) < 4.78 is 0. The lowest BCUT2D eigenvalue weighted by atomic mass is 9.91. The van der Waals surface area contributed by atoms with Crippen molar-refractivity contribution in [3.63, 3.8) is 0 Å². The van der Waals surface area contributed by atoms with Crippen LogP contribution in [-0.4, -0.2) is 18.0 Å². The minimum atomic E-state index is 0.00836. The molecule has 16 heavy (non-hydrogen) atoms. The predicted octanol–water partition coefficient (Wildman–Crippen LogP) is 2.01. The molecule has 1 saturated carbocycles. The summed E-state index contributed by atoms with van der Waals surface area (Å²) >= 11 is 0. The van der Waals surface area contributed by atoms with E-state index in [1.54, 1.807) is 0 Å². The van der Waals surface area contributed by atoms with Gasteiger partial charge < -0.3 is 5.32 Å². The van der Waals surface area contributed by atoms with Crippen LogP contribution in [0.5, 0.6) is 0 Å². The summed E-state index contributed by atoms with van der Waals surface area (Å²) in [7, 11) is 0. The van der Waals surface area contributed by atoms with Gasteiger partial charge in [-0.05, 0) is 37.8 Å². The maximum Gasteiger partial charge on any atom is 0.251 e. The Morgan fingerprint density at radius 2 is 1.75 bits per heavy atom. The van der Waals surface area contributed by atoms with Crippen molar-refractivity contribution < 1.29 is 4.79 Å². The third-order valence-electron chi connectivity index (χ3n) is 3.10. The Hall–Kier alpha value is -1.35. The second-order valence-electron chi connectivity index (χ2n) is 4.39. The van der Waals surface area contributed by atoms with Gasteiger partial charge in [-0.1, -0.05) is 18.2 Å². The van der Waals surface area contributed by atoms with Crippen molar-refractivity contribution in [2.24, 2.45) is 0 Å². The zero-order chi connectivity index (χ0) is 11.4. The first-order valence-corrected chi connectivity index (χ1v) is 5.83. The highest BCUT2D eigenvalue weighted by Crippen LogP contribution is 2.18. The Labute approximate surface area is 96.0 Å². The second-order valence-corrected chi connectivity index (χ2v) is 4.39. The highest BCUT2D eigenvalue weighted by atomic mass is 16.1. The molecule has 0 atom stereocenters. The maximum atomic E-state index is 11.8. The molecule has 0 aromatic heterocycles. The Kier molecular flexibility index (Phi) is 3.57. The van der Waals surface area contributed by atoms with Crippen LogP contribution in [0.4, 0.5) is 0 Å². The lowest BCUT2D eigenvalue weighted by Gasteiger charge is -2.26. The molecular weight excluding hydrogens is 200 g/mol. The normalized spacial score (nSPS) is 25.1. The zero-order valence-corrected chi connectivity index (χ0v) is 9.28. The highest BCUT2D eigenvalue weighted by Gasteiger charge is 2.20. The topological polar surface area (TPSA) is 52.9 Å². The quantitative estimate of drug-likeness (QED) is 0.809. The molecule has 1 radical (unpaired) electrons. The van der Waals surface area contributed by atoms with Gasteiger partial charge >= 0.3 is 0 Å². The molecule has 3 nitrogen and oxygen atoms in total. The summed E-state index contributed by atoms with van der Waals surface area (Å²) in [5.41, 5.74) is 8.31. The zero-order valence-electron chi connectivity index (χ0n) is 9.28. The van der Waals surface area contributed by atoms with Crippen molar-refractivity contribution in [1.82, 2.24) is 11.1 Å². The molecule has 0 bridgehead atoms. The molecule has 1 fully saturated rings. The van der Waals surface area contributed by atoms with Crippen LogP contribution in [0.3, 0.4) is 0 Å². The smallest absolute Gasteiger partial charge is 0.251 e. The molecule has 2 rings (SSSR count). The van der Waals surface area contributed by atoms with Crippen molar-refractivity contribution in [3.8, 4) is 0 Å². The Morgan fingerprint density at radius 3 is 2.38 bits per heavy atom. The minimum absolute atomic E-state index is 0.00836. The van der Waals surface area contributed by atoms with Crippen LogP contribution in [0.2, 0.25) is 0 Å². The summed E-state index contributed by atoms with van der Waals surface area (Å²) in [6.07, 6.45) is 3.68. The molecular formula is C13H17N2O. The van der Waals surface area contributed by atoms with Gasteiger partial charge in [0, 0.05) is 17.6 Å². The van der Waals surface area contributed by atoms with E-state index in [1.165, 1.54) is 0 Å². The number of hydrogen-bond donors (Lipinski definition) is 1.